The van der Waals surface area contributed by atoms with E-state index in [2.05, 4.69) is 136 Å². The van der Waals surface area contributed by atoms with Gasteiger partial charge in [-0.15, -0.1) is 53.6 Å². The second kappa shape index (κ2) is 15.1. The average Bonchev–Trinajstić information content (AvgIpc) is 3.56. The summed E-state index contributed by atoms with van der Waals surface area (Å²) in [6.07, 6.45) is 6.11. The summed E-state index contributed by atoms with van der Waals surface area (Å²) in [7, 11) is 0. The van der Waals surface area contributed by atoms with E-state index in [0.29, 0.717) is 16.8 Å². The van der Waals surface area contributed by atoms with Crippen molar-refractivity contribution >= 4 is 21.9 Å². The number of fused-ring (bicyclic) bond motifs is 6. The number of nitrogens with zero attached hydrogens (tertiary/aromatic N) is 2. The van der Waals surface area contributed by atoms with Gasteiger partial charge in [-0.2, -0.15) is 0 Å². The standard InChI is InChI=1S/C31H36NO.C23H30N.Ir/c1-19-18-32-25(16-20(19)17-29(2,3)4)23-11-9-10-21-22-12-13-24-26(28(22)33-27(21)23)31(7,8)15-14-30(24,5)6;1-21(2,3)17-10-8-16(9-11-17)20-14-18-19(15-24-20)23(6,7)13-12-22(18,4)5;/h9-10,12-13,16,18H,14-15,17H2,1-8H3;8,10-11,14-15H,12-13H2,1-7H3;/q2*-1;/i1D3,17D2;;. The Kier molecular flexibility index (Phi) is 9.77. The van der Waals surface area contributed by atoms with Crippen LogP contribution < -0.4 is 0 Å². The van der Waals surface area contributed by atoms with Crippen LogP contribution in [0.3, 0.4) is 0 Å². The summed E-state index contributed by atoms with van der Waals surface area (Å²) in [5.74, 6) is 0. The van der Waals surface area contributed by atoms with Crippen LogP contribution in [-0.4, -0.2) is 9.97 Å². The quantitative estimate of drug-likeness (QED) is 0.166. The summed E-state index contributed by atoms with van der Waals surface area (Å²) in [6.45, 7) is 28.0. The van der Waals surface area contributed by atoms with E-state index in [1.165, 1.54) is 46.9 Å². The molecule has 1 radical (unpaired) electrons. The van der Waals surface area contributed by atoms with Crippen LogP contribution in [0, 0.1) is 24.4 Å². The second-order valence-electron chi connectivity index (χ2n) is 21.4. The van der Waals surface area contributed by atoms with Crippen LogP contribution in [0.25, 0.3) is 44.5 Å². The molecule has 3 heterocycles. The topological polar surface area (TPSA) is 38.9 Å². The fourth-order valence-electron chi connectivity index (χ4n) is 8.86. The minimum atomic E-state index is -2.49. The molecule has 0 bridgehead atoms. The van der Waals surface area contributed by atoms with Gasteiger partial charge in [-0.25, -0.2) is 0 Å². The molecule has 3 nitrogen and oxygen atoms in total. The molecule has 0 atom stereocenters. The third-order valence-corrected chi connectivity index (χ3v) is 12.7. The van der Waals surface area contributed by atoms with Gasteiger partial charge in [-0.1, -0.05) is 138 Å². The van der Waals surface area contributed by atoms with E-state index in [1.54, 1.807) is 26.8 Å². The number of rotatable bonds is 3. The van der Waals surface area contributed by atoms with Crippen LogP contribution in [0.2, 0.25) is 0 Å². The molecule has 0 saturated heterocycles. The van der Waals surface area contributed by atoms with Gasteiger partial charge < -0.3 is 14.4 Å². The number of furan rings is 1. The Bertz CT molecular complexity index is 2670. The van der Waals surface area contributed by atoms with Crippen molar-refractivity contribution in [1.82, 2.24) is 9.97 Å². The van der Waals surface area contributed by atoms with Gasteiger partial charge in [0.25, 0.3) is 0 Å². The van der Waals surface area contributed by atoms with Crippen molar-refractivity contribution in [2.75, 3.05) is 0 Å². The molecule has 0 N–H and O–H groups in total. The van der Waals surface area contributed by atoms with Gasteiger partial charge >= 0.3 is 0 Å². The molecule has 0 aliphatic heterocycles. The Morgan fingerprint density at radius 3 is 1.93 bits per heavy atom. The van der Waals surface area contributed by atoms with Crippen LogP contribution in [0.5, 0.6) is 0 Å². The minimum absolute atomic E-state index is 0. The van der Waals surface area contributed by atoms with Crippen molar-refractivity contribution < 1.29 is 31.4 Å². The Labute approximate surface area is 370 Å². The first-order valence-electron chi connectivity index (χ1n) is 23.3. The van der Waals surface area contributed by atoms with E-state index in [-0.39, 0.29) is 58.3 Å². The first kappa shape index (κ1) is 37.4. The van der Waals surface area contributed by atoms with E-state index >= 15 is 0 Å². The molecule has 2 aliphatic carbocycles. The maximum absolute atomic E-state index is 8.89. The number of hydrogen-bond acceptors (Lipinski definition) is 3. The number of aryl methyl sites for hydroxylation is 1. The third kappa shape index (κ3) is 8.40. The predicted molar refractivity (Wildman–Crippen MR) is 241 cm³/mol. The summed E-state index contributed by atoms with van der Waals surface area (Å²) in [5.41, 5.74) is 11.2. The van der Waals surface area contributed by atoms with Crippen LogP contribution in [0.1, 0.15) is 168 Å². The van der Waals surface area contributed by atoms with Crippen LogP contribution in [0.4, 0.5) is 0 Å². The molecule has 2 aliphatic rings. The molecule has 4 heteroatoms. The van der Waals surface area contributed by atoms with Gasteiger partial charge in [-0.05, 0) is 105 Å². The molecular weight excluding hydrogens is 885 g/mol. The summed E-state index contributed by atoms with van der Waals surface area (Å²) in [6, 6.07) is 25.3. The van der Waals surface area contributed by atoms with Gasteiger partial charge in [0.2, 0.25) is 0 Å². The fourth-order valence-corrected chi connectivity index (χ4v) is 8.86. The van der Waals surface area contributed by atoms with E-state index in [1.807, 2.05) is 12.1 Å². The summed E-state index contributed by atoms with van der Waals surface area (Å²) in [5, 5.41) is 1.97. The molecule has 0 fully saturated rings. The molecule has 0 spiro atoms. The van der Waals surface area contributed by atoms with Gasteiger partial charge in [0.15, 0.2) is 0 Å². The van der Waals surface area contributed by atoms with E-state index in [4.69, 9.17) is 16.3 Å². The predicted octanol–water partition coefficient (Wildman–Crippen LogP) is 14.9. The maximum Gasteiger partial charge on any atom is 0.124 e. The molecule has 0 amide bonds. The molecular formula is C54H66IrN2O-2. The molecule has 8 rings (SSSR count). The summed E-state index contributed by atoms with van der Waals surface area (Å²) >= 11 is 0. The van der Waals surface area contributed by atoms with Crippen molar-refractivity contribution in [2.45, 2.75) is 163 Å². The van der Waals surface area contributed by atoms with Gasteiger partial charge in [0, 0.05) is 50.3 Å². The number of pyridine rings is 2. The monoisotopic (exact) mass is 957 g/mol. The Morgan fingerprint density at radius 2 is 1.31 bits per heavy atom. The van der Waals surface area contributed by atoms with Gasteiger partial charge in [-0.3, -0.25) is 0 Å². The third-order valence-electron chi connectivity index (χ3n) is 12.7. The Hall–Kier alpha value is -3.59. The van der Waals surface area contributed by atoms with Crippen molar-refractivity contribution in [3.63, 3.8) is 0 Å². The molecule has 0 saturated carbocycles. The minimum Gasteiger partial charge on any atom is -0.500 e. The van der Waals surface area contributed by atoms with Gasteiger partial charge in [0.05, 0.1) is 5.58 Å². The van der Waals surface area contributed by atoms with E-state index < -0.39 is 18.6 Å². The van der Waals surface area contributed by atoms with Crippen molar-refractivity contribution in [3.8, 4) is 22.5 Å². The zero-order valence-electron chi connectivity index (χ0n) is 42.3. The fraction of sp³-hybridized carbons (Fsp3) is 0.481. The van der Waals surface area contributed by atoms with Crippen molar-refractivity contribution in [3.05, 3.63) is 118 Å². The molecule has 0 unspecified atom stereocenters. The van der Waals surface area contributed by atoms with E-state index in [0.717, 1.165) is 40.5 Å². The van der Waals surface area contributed by atoms with E-state index in [9.17, 15) is 0 Å². The summed E-state index contributed by atoms with van der Waals surface area (Å²) in [4.78, 5) is 9.30. The molecule has 3 aromatic carbocycles. The molecule has 6 aromatic rings. The van der Waals surface area contributed by atoms with Crippen molar-refractivity contribution in [2.24, 2.45) is 5.41 Å². The molecule has 3 aromatic heterocycles. The maximum atomic E-state index is 8.89. The zero-order chi connectivity index (χ0) is 45.8. The van der Waals surface area contributed by atoms with Gasteiger partial charge in [0.1, 0.15) is 5.58 Å². The first-order chi connectivity index (χ1) is 28.4. The second-order valence-corrected chi connectivity index (χ2v) is 21.4. The van der Waals surface area contributed by atoms with Crippen LogP contribution >= 0.6 is 0 Å². The Morgan fingerprint density at radius 1 is 0.690 bits per heavy atom. The SMILES string of the molecule is CC(C)(C)c1c[c-]c(-c2cc3c(cn2)C(C)(C)CCC3(C)C)cc1.[2H]C([2H])([2H])c1cnc(-c2[c-]ccc3c2oc2c4c(ccc23)C(C)(C)CCC4(C)C)cc1C([2H])([2H])C(C)(C)C.[Ir]. The molecule has 58 heavy (non-hydrogen) atoms. The smallest absolute Gasteiger partial charge is 0.124 e. The normalized spacial score (nSPS) is 19.5. The average molecular weight is 956 g/mol. The largest absolute Gasteiger partial charge is 0.500 e. The van der Waals surface area contributed by atoms with Crippen LogP contribution in [-0.2, 0) is 53.6 Å². The number of aromatic nitrogens is 2. The van der Waals surface area contributed by atoms with Crippen molar-refractivity contribution in [1.29, 1.82) is 0 Å². The Balaban J connectivity index is 0.000000228. The zero-order valence-corrected chi connectivity index (χ0v) is 39.7. The van der Waals surface area contributed by atoms with Crippen LogP contribution in [0.15, 0.2) is 71.4 Å². The number of hydrogen-bond donors (Lipinski definition) is 0. The summed E-state index contributed by atoms with van der Waals surface area (Å²) < 4.78 is 48.6. The number of benzene rings is 3. The molecule has 309 valence electrons. The first-order valence-corrected chi connectivity index (χ1v) is 20.8.